The van der Waals surface area contributed by atoms with Crippen molar-refractivity contribution < 1.29 is 26.7 Å². The first kappa shape index (κ1) is 21.8. The second kappa shape index (κ2) is 9.01. The van der Waals surface area contributed by atoms with Crippen LogP contribution >= 0.6 is 0 Å². The van der Waals surface area contributed by atoms with E-state index in [1.165, 1.54) is 30.7 Å². The van der Waals surface area contributed by atoms with E-state index < -0.39 is 29.8 Å². The van der Waals surface area contributed by atoms with Crippen molar-refractivity contribution >= 4 is 11.6 Å². The van der Waals surface area contributed by atoms with Gasteiger partial charge in [-0.3, -0.25) is 0 Å². The van der Waals surface area contributed by atoms with Crippen molar-refractivity contribution in [2.75, 3.05) is 0 Å². The third kappa shape index (κ3) is 4.63. The Bertz CT molecular complexity index is 967. The molecule has 1 saturated carbocycles. The van der Waals surface area contributed by atoms with Crippen LogP contribution in [-0.2, 0) is 6.42 Å². The summed E-state index contributed by atoms with van der Waals surface area (Å²) in [5, 5.41) is 0. The molecule has 31 heavy (non-hydrogen) atoms. The molecular formula is C25H25F5O. The van der Waals surface area contributed by atoms with Crippen LogP contribution in [0.3, 0.4) is 0 Å². The fourth-order valence-electron chi connectivity index (χ4n) is 5.02. The van der Waals surface area contributed by atoms with Gasteiger partial charge in [0, 0.05) is 5.56 Å². The molecule has 2 aromatic carbocycles. The van der Waals surface area contributed by atoms with Crippen molar-refractivity contribution in [1.82, 2.24) is 0 Å². The molecule has 6 heteroatoms. The monoisotopic (exact) mass is 436 g/mol. The maximum Gasteiger partial charge on any atom is 0.387 e. The fraction of sp³-hybridized carbons (Fsp3) is 0.440. The highest BCUT2D eigenvalue weighted by atomic mass is 19.3. The number of fused-ring (bicyclic) bond motifs is 1. The standard InChI is InChI=1S/C25H25F5O/c1-2-3-14-4-6-15(7-5-14)18-11-21(27)24(22(28)12-18)19-8-16-10-20(26)23(31-25(29)30)13-17(16)9-19/h8,10-15,25H,2-7,9H2,1H3. The summed E-state index contributed by atoms with van der Waals surface area (Å²) in [6.07, 6.45) is 8.01. The van der Waals surface area contributed by atoms with Gasteiger partial charge < -0.3 is 4.74 Å². The van der Waals surface area contributed by atoms with Gasteiger partial charge in [-0.2, -0.15) is 8.78 Å². The van der Waals surface area contributed by atoms with Crippen LogP contribution < -0.4 is 4.74 Å². The predicted octanol–water partition coefficient (Wildman–Crippen LogP) is 7.88. The Hall–Kier alpha value is -2.37. The number of benzene rings is 2. The molecule has 1 nitrogen and oxygen atoms in total. The van der Waals surface area contributed by atoms with Gasteiger partial charge in [-0.15, -0.1) is 0 Å². The molecule has 0 amide bonds. The van der Waals surface area contributed by atoms with E-state index in [0.717, 1.165) is 38.2 Å². The van der Waals surface area contributed by atoms with Crippen LogP contribution in [0, 0.1) is 23.4 Å². The van der Waals surface area contributed by atoms with Crippen molar-refractivity contribution in [1.29, 1.82) is 0 Å². The van der Waals surface area contributed by atoms with Crippen molar-refractivity contribution in [2.24, 2.45) is 5.92 Å². The number of allylic oxidation sites excluding steroid dienone is 1. The molecule has 2 aromatic rings. The summed E-state index contributed by atoms with van der Waals surface area (Å²) in [5.41, 5.74) is 1.80. The molecule has 0 heterocycles. The van der Waals surface area contributed by atoms with Gasteiger partial charge in [0.1, 0.15) is 11.6 Å². The molecule has 0 unspecified atom stereocenters. The Morgan fingerprint density at radius 3 is 2.23 bits per heavy atom. The molecule has 2 aliphatic rings. The molecule has 2 aliphatic carbocycles. The summed E-state index contributed by atoms with van der Waals surface area (Å²) >= 11 is 0. The van der Waals surface area contributed by atoms with Crippen LogP contribution in [0.25, 0.3) is 11.6 Å². The van der Waals surface area contributed by atoms with E-state index in [0.29, 0.717) is 28.2 Å². The number of ether oxygens (including phenoxy) is 1. The molecule has 0 spiro atoms. The number of halogens is 5. The topological polar surface area (TPSA) is 9.23 Å². The largest absolute Gasteiger partial charge is 0.432 e. The summed E-state index contributed by atoms with van der Waals surface area (Å²) < 4.78 is 73.1. The minimum Gasteiger partial charge on any atom is -0.432 e. The summed E-state index contributed by atoms with van der Waals surface area (Å²) in [6.45, 7) is -0.979. The van der Waals surface area contributed by atoms with Crippen molar-refractivity contribution in [3.8, 4) is 5.75 Å². The summed E-state index contributed by atoms with van der Waals surface area (Å²) in [5.74, 6) is -1.94. The van der Waals surface area contributed by atoms with E-state index in [2.05, 4.69) is 11.7 Å². The van der Waals surface area contributed by atoms with E-state index >= 15 is 0 Å². The first-order valence-electron chi connectivity index (χ1n) is 10.8. The average Bonchev–Trinajstić information content (AvgIpc) is 3.10. The zero-order valence-corrected chi connectivity index (χ0v) is 17.4. The first-order chi connectivity index (χ1) is 14.9. The van der Waals surface area contributed by atoms with Gasteiger partial charge in [0.2, 0.25) is 0 Å². The lowest BCUT2D eigenvalue weighted by Crippen LogP contribution is -2.14. The fourth-order valence-corrected chi connectivity index (χ4v) is 5.02. The second-order valence-corrected chi connectivity index (χ2v) is 8.57. The van der Waals surface area contributed by atoms with Crippen LogP contribution in [0.1, 0.15) is 73.6 Å². The lowest BCUT2D eigenvalue weighted by molar-refractivity contribution is -0.0522. The van der Waals surface area contributed by atoms with Crippen molar-refractivity contribution in [2.45, 2.75) is 64.4 Å². The molecule has 0 radical (unpaired) electrons. The molecule has 0 saturated heterocycles. The van der Waals surface area contributed by atoms with Gasteiger partial charge in [0.25, 0.3) is 0 Å². The van der Waals surface area contributed by atoms with E-state index in [4.69, 9.17) is 0 Å². The van der Waals surface area contributed by atoms with E-state index in [9.17, 15) is 22.0 Å². The minimum atomic E-state index is -3.15. The zero-order valence-electron chi connectivity index (χ0n) is 17.4. The molecule has 0 aliphatic heterocycles. The highest BCUT2D eigenvalue weighted by Crippen LogP contribution is 2.41. The Morgan fingerprint density at radius 1 is 0.935 bits per heavy atom. The lowest BCUT2D eigenvalue weighted by atomic mass is 9.77. The van der Waals surface area contributed by atoms with Gasteiger partial charge >= 0.3 is 6.61 Å². The molecular weight excluding hydrogens is 411 g/mol. The first-order valence-corrected chi connectivity index (χ1v) is 10.8. The summed E-state index contributed by atoms with van der Waals surface area (Å²) in [4.78, 5) is 0. The number of hydrogen-bond donors (Lipinski definition) is 0. The second-order valence-electron chi connectivity index (χ2n) is 8.57. The van der Waals surface area contributed by atoms with Gasteiger partial charge in [0.05, 0.1) is 0 Å². The Kier molecular flexibility index (Phi) is 6.35. The molecule has 4 rings (SSSR count). The van der Waals surface area contributed by atoms with Crippen LogP contribution in [0.2, 0.25) is 0 Å². The molecule has 166 valence electrons. The lowest BCUT2D eigenvalue weighted by Gasteiger charge is -2.29. The molecule has 0 bridgehead atoms. The van der Waals surface area contributed by atoms with Gasteiger partial charge in [-0.1, -0.05) is 25.8 Å². The highest BCUT2D eigenvalue weighted by Gasteiger charge is 2.27. The van der Waals surface area contributed by atoms with Gasteiger partial charge in [-0.05, 0) is 90.5 Å². The summed E-state index contributed by atoms with van der Waals surface area (Å²) in [6, 6.07) is 5.05. The normalized spacial score (nSPS) is 20.7. The maximum absolute atomic E-state index is 15.0. The van der Waals surface area contributed by atoms with E-state index in [1.54, 1.807) is 0 Å². The Morgan fingerprint density at radius 2 is 1.61 bits per heavy atom. The van der Waals surface area contributed by atoms with Crippen LogP contribution in [0.15, 0.2) is 24.3 Å². The van der Waals surface area contributed by atoms with Crippen molar-refractivity contribution in [3.63, 3.8) is 0 Å². The smallest absolute Gasteiger partial charge is 0.387 e. The van der Waals surface area contributed by atoms with Gasteiger partial charge in [-0.25, -0.2) is 13.2 Å². The van der Waals surface area contributed by atoms with E-state index in [1.807, 2.05) is 0 Å². The van der Waals surface area contributed by atoms with Crippen molar-refractivity contribution in [3.05, 3.63) is 64.0 Å². The molecule has 0 atom stereocenters. The highest BCUT2D eigenvalue weighted by molar-refractivity contribution is 5.89. The Balaban J connectivity index is 1.55. The zero-order chi connectivity index (χ0) is 22.1. The molecule has 0 aromatic heterocycles. The molecule has 1 fully saturated rings. The SMILES string of the molecule is CCCC1CCC(c2cc(F)c(C3=Cc4cc(F)c(OC(F)F)cc4C3)c(F)c2)CC1. The average molecular weight is 436 g/mol. The minimum absolute atomic E-state index is 0.116. The third-order valence-corrected chi connectivity index (χ3v) is 6.52. The Labute approximate surface area is 178 Å². The maximum atomic E-state index is 15.0. The number of alkyl halides is 2. The number of hydrogen-bond acceptors (Lipinski definition) is 1. The molecule has 0 N–H and O–H groups in total. The predicted molar refractivity (Wildman–Crippen MR) is 111 cm³/mol. The van der Waals surface area contributed by atoms with Crippen LogP contribution in [0.5, 0.6) is 5.75 Å². The van der Waals surface area contributed by atoms with E-state index in [-0.39, 0.29) is 17.9 Å². The summed E-state index contributed by atoms with van der Waals surface area (Å²) in [7, 11) is 0. The third-order valence-electron chi connectivity index (χ3n) is 6.52. The van der Waals surface area contributed by atoms with Crippen LogP contribution in [0.4, 0.5) is 22.0 Å². The van der Waals surface area contributed by atoms with Crippen LogP contribution in [-0.4, -0.2) is 6.61 Å². The quantitative estimate of drug-likeness (QED) is 0.419. The van der Waals surface area contributed by atoms with Gasteiger partial charge in [0.15, 0.2) is 11.6 Å². The number of rotatable bonds is 6.